The highest BCUT2D eigenvalue weighted by Gasteiger charge is 2.25. The number of hydrogen-bond acceptors (Lipinski definition) is 9. The van der Waals surface area contributed by atoms with Crippen LogP contribution in [0.3, 0.4) is 0 Å². The molecule has 4 aromatic rings. The summed E-state index contributed by atoms with van der Waals surface area (Å²) < 4.78 is 39.1. The molecule has 1 aliphatic heterocycles. The summed E-state index contributed by atoms with van der Waals surface area (Å²) in [5, 5.41) is 7.57. The molecule has 0 aliphatic carbocycles. The number of furan rings is 1. The lowest BCUT2D eigenvalue weighted by Gasteiger charge is -2.27. The minimum atomic E-state index is -3.93. The molecule has 178 valence electrons. The Balaban J connectivity index is 1.61. The third-order valence-corrected chi connectivity index (χ3v) is 7.13. The number of hydrogen-bond donors (Lipinski definition) is 1. The zero-order chi connectivity index (χ0) is 23.9. The summed E-state index contributed by atoms with van der Waals surface area (Å²) in [6.45, 7) is 2.35. The largest absolute Gasteiger partial charge is 0.439 e. The van der Waals surface area contributed by atoms with Crippen molar-refractivity contribution in [1.29, 1.82) is 0 Å². The van der Waals surface area contributed by atoms with Gasteiger partial charge < -0.3 is 19.4 Å². The average molecular weight is 504 g/mol. The van der Waals surface area contributed by atoms with Crippen LogP contribution in [0.25, 0.3) is 22.4 Å². The van der Waals surface area contributed by atoms with Crippen LogP contribution in [0.2, 0.25) is 5.22 Å². The van der Waals surface area contributed by atoms with Gasteiger partial charge in [-0.05, 0) is 11.6 Å². The number of aromatic nitrogens is 4. The highest BCUT2D eigenvalue weighted by Crippen LogP contribution is 2.32. The number of nitrogens with zero attached hydrogens (tertiary/aromatic N) is 6. The van der Waals surface area contributed by atoms with Crippen molar-refractivity contribution in [2.75, 3.05) is 50.6 Å². The predicted octanol–water partition coefficient (Wildman–Crippen LogP) is 2.97. The Bertz CT molecular complexity index is 1430. The van der Waals surface area contributed by atoms with Crippen LogP contribution in [-0.2, 0) is 14.9 Å². The molecule has 1 saturated heterocycles. The van der Waals surface area contributed by atoms with E-state index in [-0.39, 0.29) is 17.0 Å². The molecule has 1 fully saturated rings. The number of morpholine rings is 1. The van der Waals surface area contributed by atoms with Gasteiger partial charge in [-0.1, -0.05) is 30.3 Å². The Morgan fingerprint density at radius 2 is 1.82 bits per heavy atom. The van der Waals surface area contributed by atoms with Crippen molar-refractivity contribution in [3.05, 3.63) is 47.7 Å². The van der Waals surface area contributed by atoms with E-state index in [0.717, 1.165) is 14.0 Å². The van der Waals surface area contributed by atoms with Crippen molar-refractivity contribution in [3.63, 3.8) is 0 Å². The Labute approximate surface area is 201 Å². The average Bonchev–Trinajstić information content (AvgIpc) is 3.43. The fraction of sp³-hybridized carbons (Fsp3) is 0.286. The van der Waals surface area contributed by atoms with Gasteiger partial charge in [-0.25, -0.2) is 4.98 Å². The van der Waals surface area contributed by atoms with E-state index in [2.05, 4.69) is 20.4 Å². The molecule has 0 spiro atoms. The highest BCUT2D eigenvalue weighted by molar-refractivity contribution is 7.87. The molecule has 0 bridgehead atoms. The summed E-state index contributed by atoms with van der Waals surface area (Å²) in [5.74, 6) is 0.920. The molecule has 0 atom stereocenters. The van der Waals surface area contributed by atoms with Crippen LogP contribution in [0, 0.1) is 0 Å². The van der Waals surface area contributed by atoms with Crippen molar-refractivity contribution < 1.29 is 17.6 Å². The number of anilines is 3. The lowest BCUT2D eigenvalue weighted by Crippen LogP contribution is -2.37. The third kappa shape index (κ3) is 4.20. The molecule has 34 heavy (non-hydrogen) atoms. The summed E-state index contributed by atoms with van der Waals surface area (Å²) in [6, 6.07) is 12.5. The first-order valence-electron chi connectivity index (χ1n) is 10.5. The van der Waals surface area contributed by atoms with Crippen LogP contribution in [0.4, 0.5) is 17.6 Å². The molecule has 0 unspecified atom stereocenters. The zero-order valence-electron chi connectivity index (χ0n) is 18.5. The number of halogens is 1. The first-order valence-corrected chi connectivity index (χ1v) is 12.3. The van der Waals surface area contributed by atoms with Crippen LogP contribution in [0.1, 0.15) is 0 Å². The van der Waals surface area contributed by atoms with Gasteiger partial charge in [-0.15, -0.1) is 4.09 Å². The Morgan fingerprint density at radius 1 is 1.09 bits per heavy atom. The van der Waals surface area contributed by atoms with Crippen molar-refractivity contribution in [1.82, 2.24) is 23.5 Å². The second-order valence-corrected chi connectivity index (χ2v) is 10.1. The molecule has 0 amide bonds. The maximum atomic E-state index is 13.0. The number of fused-ring (bicyclic) bond motifs is 1. The van der Waals surface area contributed by atoms with Crippen molar-refractivity contribution in [2.24, 2.45) is 0 Å². The van der Waals surface area contributed by atoms with Gasteiger partial charge in [0.1, 0.15) is 11.3 Å². The van der Waals surface area contributed by atoms with Gasteiger partial charge in [0.05, 0.1) is 18.9 Å². The predicted molar refractivity (Wildman–Crippen MR) is 129 cm³/mol. The van der Waals surface area contributed by atoms with Gasteiger partial charge in [0.2, 0.25) is 5.95 Å². The fourth-order valence-corrected chi connectivity index (χ4v) is 4.60. The molecule has 13 heteroatoms. The monoisotopic (exact) mass is 503 g/mol. The lowest BCUT2D eigenvalue weighted by molar-refractivity contribution is 0.122. The standard InChI is InChI=1S/C21H22ClN7O4S/c1-27(2)34(30,31)29-18(13-15(26-29)14-6-4-3-5-7-14)24-21-23-16-12-17(22)33-19(16)20(25-21)28-8-10-32-11-9-28/h3-7,12-13H,8-11H2,1-2H3,(H,23,24,25). The Kier molecular flexibility index (Phi) is 5.90. The van der Waals surface area contributed by atoms with Gasteiger partial charge in [-0.3, -0.25) is 0 Å². The van der Waals surface area contributed by atoms with E-state index in [1.165, 1.54) is 14.1 Å². The summed E-state index contributed by atoms with van der Waals surface area (Å²) in [4.78, 5) is 11.1. The smallest absolute Gasteiger partial charge is 0.324 e. The highest BCUT2D eigenvalue weighted by atomic mass is 35.5. The van der Waals surface area contributed by atoms with E-state index in [1.807, 2.05) is 35.2 Å². The van der Waals surface area contributed by atoms with Gasteiger partial charge >= 0.3 is 10.2 Å². The van der Waals surface area contributed by atoms with E-state index in [4.69, 9.17) is 20.8 Å². The third-order valence-electron chi connectivity index (χ3n) is 5.30. The van der Waals surface area contributed by atoms with Crippen LogP contribution in [0.15, 0.2) is 46.9 Å². The Hall–Kier alpha value is -3.19. The summed E-state index contributed by atoms with van der Waals surface area (Å²) in [5.41, 5.74) is 2.20. The molecule has 1 aromatic carbocycles. The van der Waals surface area contributed by atoms with Crippen LogP contribution >= 0.6 is 11.6 Å². The number of nitrogens with one attached hydrogen (secondary N) is 1. The first-order chi connectivity index (χ1) is 16.3. The lowest BCUT2D eigenvalue weighted by atomic mass is 10.2. The molecule has 4 heterocycles. The quantitative estimate of drug-likeness (QED) is 0.423. The normalized spacial score (nSPS) is 14.8. The first kappa shape index (κ1) is 22.6. The molecule has 3 aromatic heterocycles. The van der Waals surface area contributed by atoms with Crippen LogP contribution in [0.5, 0.6) is 0 Å². The minimum absolute atomic E-state index is 0.182. The van der Waals surface area contributed by atoms with Crippen molar-refractivity contribution in [3.8, 4) is 11.3 Å². The summed E-state index contributed by atoms with van der Waals surface area (Å²) >= 11 is 6.10. The second-order valence-electron chi connectivity index (χ2n) is 7.77. The molecular weight excluding hydrogens is 482 g/mol. The SMILES string of the molecule is CN(C)S(=O)(=O)n1nc(-c2ccccc2)cc1Nc1nc(N2CCOCC2)c2oc(Cl)cc2n1. The van der Waals surface area contributed by atoms with E-state index in [0.29, 0.717) is 48.9 Å². The van der Waals surface area contributed by atoms with Crippen molar-refractivity contribution in [2.45, 2.75) is 0 Å². The number of ether oxygens (including phenoxy) is 1. The van der Waals surface area contributed by atoms with Crippen molar-refractivity contribution >= 4 is 50.5 Å². The van der Waals surface area contributed by atoms with Gasteiger partial charge in [0.15, 0.2) is 16.6 Å². The Morgan fingerprint density at radius 3 is 2.53 bits per heavy atom. The maximum absolute atomic E-state index is 13.0. The molecular formula is C21H22ClN7O4S. The van der Waals surface area contributed by atoms with E-state index >= 15 is 0 Å². The van der Waals surface area contributed by atoms with E-state index in [9.17, 15) is 8.42 Å². The zero-order valence-corrected chi connectivity index (χ0v) is 20.0. The van der Waals surface area contributed by atoms with E-state index < -0.39 is 10.2 Å². The molecule has 5 rings (SSSR count). The summed E-state index contributed by atoms with van der Waals surface area (Å²) in [6.07, 6.45) is 0. The molecule has 0 radical (unpaired) electrons. The molecule has 1 N–H and O–H groups in total. The maximum Gasteiger partial charge on any atom is 0.324 e. The van der Waals surface area contributed by atoms with Gasteiger partial charge in [0.25, 0.3) is 0 Å². The molecule has 1 aliphatic rings. The number of benzene rings is 1. The fourth-order valence-electron chi connectivity index (χ4n) is 3.58. The topological polar surface area (TPSA) is 119 Å². The van der Waals surface area contributed by atoms with Gasteiger partial charge in [0, 0.05) is 44.9 Å². The van der Waals surface area contributed by atoms with Crippen LogP contribution < -0.4 is 10.2 Å². The number of rotatable bonds is 6. The molecule has 0 saturated carbocycles. The minimum Gasteiger partial charge on any atom is -0.439 e. The second kappa shape index (κ2) is 8.87. The van der Waals surface area contributed by atoms with Crippen LogP contribution in [-0.4, -0.2) is 72.3 Å². The molecule has 11 nitrogen and oxygen atoms in total. The summed E-state index contributed by atoms with van der Waals surface area (Å²) in [7, 11) is -1.05. The van der Waals surface area contributed by atoms with E-state index in [1.54, 1.807) is 12.1 Å². The van der Waals surface area contributed by atoms with Gasteiger partial charge in [-0.2, -0.15) is 22.8 Å².